The highest BCUT2D eigenvalue weighted by Gasteiger charge is 2.27. The summed E-state index contributed by atoms with van der Waals surface area (Å²) in [5, 5.41) is 0.807. The number of halogens is 1. The largest absolute Gasteiger partial charge is 0.598 e. The molecule has 0 bridgehead atoms. The Morgan fingerprint density at radius 2 is 1.94 bits per heavy atom. The summed E-state index contributed by atoms with van der Waals surface area (Å²) in [6, 6.07) is 8.08. The first-order valence-electron chi connectivity index (χ1n) is 6.22. The number of hydrogen-bond acceptors (Lipinski definition) is 2. The van der Waals surface area contributed by atoms with Crippen molar-refractivity contribution in [2.75, 3.05) is 0 Å². The summed E-state index contributed by atoms with van der Waals surface area (Å²) < 4.78 is 14.8. The molecule has 0 radical (unpaired) electrons. The SMILES string of the molecule is C[C@@H](CCc1ccccc1Cl)N[S@@+]([O-])C(C)(C)C. The normalized spacial score (nSPS) is 15.4. The van der Waals surface area contributed by atoms with E-state index in [-0.39, 0.29) is 10.8 Å². The summed E-state index contributed by atoms with van der Waals surface area (Å²) in [6.45, 7) is 7.96. The molecule has 1 rings (SSSR count). The standard InChI is InChI=1S/C14H22ClNOS/c1-11(16-18(17)14(2,3)4)9-10-12-7-5-6-8-13(12)15/h5-8,11,16H,9-10H2,1-4H3/t11-,18-/m0/s1. The Kier molecular flexibility index (Phi) is 5.99. The van der Waals surface area contributed by atoms with Crippen molar-refractivity contribution in [3.05, 3.63) is 34.9 Å². The smallest absolute Gasteiger partial charge is 0.136 e. The lowest BCUT2D eigenvalue weighted by atomic mass is 10.1. The van der Waals surface area contributed by atoms with Crippen molar-refractivity contribution in [2.45, 2.75) is 51.3 Å². The van der Waals surface area contributed by atoms with Gasteiger partial charge in [-0.1, -0.05) is 29.8 Å². The highest BCUT2D eigenvalue weighted by Crippen LogP contribution is 2.18. The van der Waals surface area contributed by atoms with Crippen LogP contribution in [0.5, 0.6) is 0 Å². The van der Waals surface area contributed by atoms with E-state index in [0.717, 1.165) is 23.4 Å². The first-order valence-corrected chi connectivity index (χ1v) is 7.75. The average Bonchev–Trinajstić information content (AvgIpc) is 2.26. The van der Waals surface area contributed by atoms with E-state index in [1.165, 1.54) is 0 Å². The fourth-order valence-corrected chi connectivity index (χ4v) is 2.56. The third-order valence-electron chi connectivity index (χ3n) is 2.67. The Morgan fingerprint density at radius 1 is 1.33 bits per heavy atom. The van der Waals surface area contributed by atoms with Crippen molar-refractivity contribution in [3.63, 3.8) is 0 Å². The topological polar surface area (TPSA) is 35.1 Å². The van der Waals surface area contributed by atoms with E-state index in [9.17, 15) is 4.55 Å². The van der Waals surface area contributed by atoms with Crippen LogP contribution in [0.15, 0.2) is 24.3 Å². The Labute approximate surface area is 118 Å². The molecule has 0 spiro atoms. The molecule has 102 valence electrons. The molecular weight excluding hydrogens is 266 g/mol. The van der Waals surface area contributed by atoms with Crippen molar-refractivity contribution >= 4 is 23.0 Å². The van der Waals surface area contributed by atoms with Crippen LogP contribution in [0.25, 0.3) is 0 Å². The van der Waals surface area contributed by atoms with Crippen molar-refractivity contribution in [3.8, 4) is 0 Å². The van der Waals surface area contributed by atoms with Gasteiger partial charge in [0.1, 0.15) is 4.75 Å². The van der Waals surface area contributed by atoms with Crippen molar-refractivity contribution in [2.24, 2.45) is 0 Å². The maximum Gasteiger partial charge on any atom is 0.136 e. The van der Waals surface area contributed by atoms with Gasteiger partial charge in [0.05, 0.1) is 6.04 Å². The van der Waals surface area contributed by atoms with E-state index in [1.54, 1.807) is 0 Å². The zero-order valence-electron chi connectivity index (χ0n) is 11.5. The molecule has 1 N–H and O–H groups in total. The molecule has 0 amide bonds. The molecule has 0 saturated heterocycles. The third kappa shape index (κ3) is 5.19. The molecule has 2 atom stereocenters. The molecule has 4 heteroatoms. The highest BCUT2D eigenvalue weighted by molar-refractivity contribution is 7.90. The summed E-state index contributed by atoms with van der Waals surface area (Å²) >= 11 is 5.09. The number of aryl methyl sites for hydroxylation is 1. The molecule has 0 aliphatic rings. The molecule has 2 nitrogen and oxygen atoms in total. The molecule has 0 unspecified atom stereocenters. The third-order valence-corrected chi connectivity index (χ3v) is 4.77. The lowest BCUT2D eigenvalue weighted by Crippen LogP contribution is -2.43. The van der Waals surface area contributed by atoms with Crippen LogP contribution in [-0.4, -0.2) is 15.3 Å². The van der Waals surface area contributed by atoms with Crippen LogP contribution in [0.3, 0.4) is 0 Å². The molecule has 0 fully saturated rings. The van der Waals surface area contributed by atoms with Crippen molar-refractivity contribution in [1.82, 2.24) is 4.72 Å². The monoisotopic (exact) mass is 287 g/mol. The average molecular weight is 288 g/mol. The summed E-state index contributed by atoms with van der Waals surface area (Å²) in [6.07, 6.45) is 1.82. The van der Waals surface area contributed by atoms with Crippen molar-refractivity contribution in [1.29, 1.82) is 0 Å². The fraction of sp³-hybridized carbons (Fsp3) is 0.571. The summed E-state index contributed by atoms with van der Waals surface area (Å²) in [5.74, 6) is 0. The minimum atomic E-state index is -1.01. The Bertz CT molecular complexity index is 378. The molecule has 0 aromatic heterocycles. The van der Waals surface area contributed by atoms with Crippen LogP contribution in [-0.2, 0) is 17.8 Å². The van der Waals surface area contributed by atoms with Crippen molar-refractivity contribution < 1.29 is 4.55 Å². The second-order valence-corrected chi connectivity index (χ2v) is 7.94. The van der Waals surface area contributed by atoms with Gasteiger partial charge in [-0.15, -0.1) is 4.72 Å². The zero-order chi connectivity index (χ0) is 13.8. The van der Waals surface area contributed by atoms with Gasteiger partial charge in [0.2, 0.25) is 0 Å². The second kappa shape index (κ2) is 6.80. The maximum absolute atomic E-state index is 11.9. The Morgan fingerprint density at radius 3 is 2.50 bits per heavy atom. The van der Waals surface area contributed by atoms with Gasteiger partial charge >= 0.3 is 0 Å². The van der Waals surface area contributed by atoms with Crippen LogP contribution in [0, 0.1) is 0 Å². The molecule has 0 aliphatic heterocycles. The minimum Gasteiger partial charge on any atom is -0.598 e. The van der Waals surface area contributed by atoms with E-state index in [2.05, 4.69) is 11.6 Å². The molecule has 0 saturated carbocycles. The Balaban J connectivity index is 2.43. The van der Waals surface area contributed by atoms with E-state index >= 15 is 0 Å². The highest BCUT2D eigenvalue weighted by atomic mass is 35.5. The van der Waals surface area contributed by atoms with Crippen LogP contribution in [0.4, 0.5) is 0 Å². The predicted molar refractivity (Wildman–Crippen MR) is 80.3 cm³/mol. The van der Waals surface area contributed by atoms with Crippen LogP contribution in [0.1, 0.15) is 39.7 Å². The van der Waals surface area contributed by atoms with E-state index in [4.69, 9.17) is 11.6 Å². The minimum absolute atomic E-state index is 0.210. The summed E-state index contributed by atoms with van der Waals surface area (Å²) in [4.78, 5) is 0. The van der Waals surface area contributed by atoms with Gasteiger partial charge in [0.25, 0.3) is 0 Å². The van der Waals surface area contributed by atoms with E-state index < -0.39 is 11.4 Å². The van der Waals surface area contributed by atoms with Gasteiger partial charge in [-0.3, -0.25) is 0 Å². The molecule has 18 heavy (non-hydrogen) atoms. The molecule has 0 aliphatic carbocycles. The van der Waals surface area contributed by atoms with Gasteiger partial charge in [0, 0.05) is 16.4 Å². The number of nitrogens with one attached hydrogen (secondary N) is 1. The summed E-state index contributed by atoms with van der Waals surface area (Å²) in [7, 11) is 0. The molecular formula is C14H22ClNOS. The first kappa shape index (κ1) is 15.8. The number of benzene rings is 1. The summed E-state index contributed by atoms with van der Waals surface area (Å²) in [5.41, 5.74) is 1.15. The Hall–Kier alpha value is -0.220. The maximum atomic E-state index is 11.9. The molecule has 1 aromatic rings. The lowest BCUT2D eigenvalue weighted by Gasteiger charge is -2.26. The van der Waals surface area contributed by atoms with E-state index in [1.807, 2.05) is 45.0 Å². The van der Waals surface area contributed by atoms with Crippen LogP contribution < -0.4 is 4.72 Å². The predicted octanol–water partition coefficient (Wildman–Crippen LogP) is 3.71. The second-order valence-electron chi connectivity index (χ2n) is 5.53. The lowest BCUT2D eigenvalue weighted by molar-refractivity contribution is 0.517. The number of hydrogen-bond donors (Lipinski definition) is 1. The van der Waals surface area contributed by atoms with Gasteiger partial charge < -0.3 is 4.55 Å². The quantitative estimate of drug-likeness (QED) is 0.838. The van der Waals surface area contributed by atoms with Gasteiger partial charge in [-0.05, 0) is 52.2 Å². The van der Waals surface area contributed by atoms with Gasteiger partial charge in [-0.2, -0.15) is 0 Å². The molecule has 0 heterocycles. The number of rotatable bonds is 5. The van der Waals surface area contributed by atoms with Crippen LogP contribution >= 0.6 is 11.6 Å². The van der Waals surface area contributed by atoms with Gasteiger partial charge in [0.15, 0.2) is 0 Å². The van der Waals surface area contributed by atoms with Crippen LogP contribution in [0.2, 0.25) is 5.02 Å². The zero-order valence-corrected chi connectivity index (χ0v) is 13.1. The fourth-order valence-electron chi connectivity index (χ4n) is 1.49. The first-order chi connectivity index (χ1) is 8.30. The molecule has 1 aromatic carbocycles. The van der Waals surface area contributed by atoms with E-state index in [0.29, 0.717) is 0 Å². The van der Waals surface area contributed by atoms with Gasteiger partial charge in [-0.25, -0.2) is 0 Å².